The predicted octanol–water partition coefficient (Wildman–Crippen LogP) is 1.99. The molecule has 0 atom stereocenters. The summed E-state index contributed by atoms with van der Waals surface area (Å²) < 4.78 is 4.63. The maximum Gasteiger partial charge on any atom is 0.311 e. The molecule has 3 nitrogen and oxygen atoms in total. The number of hydrogen-bond donors (Lipinski definition) is 1. The van der Waals surface area contributed by atoms with Crippen molar-refractivity contribution in [2.75, 3.05) is 0 Å². The largest absolute Gasteiger partial charge is 0.479 e. The third-order valence-corrected chi connectivity index (χ3v) is 1.61. The van der Waals surface area contributed by atoms with Crippen LogP contribution >= 0.6 is 0 Å². The van der Waals surface area contributed by atoms with Gasteiger partial charge in [0.25, 0.3) is 0 Å². The van der Waals surface area contributed by atoms with Gasteiger partial charge in [0, 0.05) is 5.41 Å². The monoisotopic (exact) mass is 155 g/mol. The van der Waals surface area contributed by atoms with Crippen LogP contribution in [0.4, 0.5) is 0 Å². The summed E-state index contributed by atoms with van der Waals surface area (Å²) in [6, 6.07) is 0. The van der Waals surface area contributed by atoms with E-state index in [9.17, 15) is 0 Å². The third-order valence-electron chi connectivity index (χ3n) is 1.61. The van der Waals surface area contributed by atoms with Crippen molar-refractivity contribution < 1.29 is 9.63 Å². The van der Waals surface area contributed by atoms with E-state index < -0.39 is 0 Å². The highest BCUT2D eigenvalue weighted by Crippen LogP contribution is 2.29. The van der Waals surface area contributed by atoms with E-state index in [0.717, 1.165) is 11.3 Å². The molecule has 0 aromatic carbocycles. The molecule has 3 heteroatoms. The molecule has 11 heavy (non-hydrogen) atoms. The van der Waals surface area contributed by atoms with E-state index in [-0.39, 0.29) is 11.4 Å². The van der Waals surface area contributed by atoms with Crippen LogP contribution in [0.5, 0.6) is 5.95 Å². The van der Waals surface area contributed by atoms with Gasteiger partial charge >= 0.3 is 5.95 Å². The van der Waals surface area contributed by atoms with Crippen LogP contribution in [0.15, 0.2) is 4.52 Å². The van der Waals surface area contributed by atoms with Gasteiger partial charge in [-0.25, -0.2) is 0 Å². The Morgan fingerprint density at radius 1 is 1.36 bits per heavy atom. The molecule has 62 valence electrons. The van der Waals surface area contributed by atoms with Gasteiger partial charge in [-0.15, -0.1) is 0 Å². The molecular weight excluding hydrogens is 142 g/mol. The highest BCUT2D eigenvalue weighted by atomic mass is 16.5. The van der Waals surface area contributed by atoms with Crippen molar-refractivity contribution >= 4 is 0 Å². The van der Waals surface area contributed by atoms with Crippen LogP contribution in [-0.4, -0.2) is 10.3 Å². The van der Waals surface area contributed by atoms with E-state index in [0.29, 0.717) is 0 Å². The molecule has 1 rings (SSSR count). The van der Waals surface area contributed by atoms with Crippen LogP contribution in [0.1, 0.15) is 32.0 Å². The molecule has 0 aliphatic rings. The first-order valence-electron chi connectivity index (χ1n) is 3.58. The first kappa shape index (κ1) is 8.11. The zero-order valence-electron chi connectivity index (χ0n) is 7.30. The zero-order chi connectivity index (χ0) is 8.65. The van der Waals surface area contributed by atoms with Gasteiger partial charge in [-0.2, -0.15) is 0 Å². The summed E-state index contributed by atoms with van der Waals surface area (Å²) in [6.45, 7) is 7.87. The summed E-state index contributed by atoms with van der Waals surface area (Å²) in [5, 5.41) is 12.8. The fourth-order valence-corrected chi connectivity index (χ4v) is 1.03. The van der Waals surface area contributed by atoms with E-state index in [1.165, 1.54) is 0 Å². The standard InChI is InChI=1S/C8H13NO2/c1-5-6(8(2,3)4)9-11-7(5)10/h10H,1-4H3. The topological polar surface area (TPSA) is 46.3 Å². The van der Waals surface area contributed by atoms with E-state index in [1.54, 1.807) is 6.92 Å². The zero-order valence-corrected chi connectivity index (χ0v) is 7.30. The number of hydrogen-bond acceptors (Lipinski definition) is 3. The Hall–Kier alpha value is -0.990. The molecule has 1 aromatic heterocycles. The molecule has 0 unspecified atom stereocenters. The van der Waals surface area contributed by atoms with E-state index in [2.05, 4.69) is 9.68 Å². The molecule has 0 saturated carbocycles. The van der Waals surface area contributed by atoms with Gasteiger partial charge in [-0.05, 0) is 6.92 Å². The molecule has 1 heterocycles. The lowest BCUT2D eigenvalue weighted by Gasteiger charge is -2.14. The molecule has 0 aliphatic carbocycles. The molecule has 0 bridgehead atoms. The first-order chi connectivity index (χ1) is 4.93. The number of aromatic hydroxyl groups is 1. The summed E-state index contributed by atoms with van der Waals surface area (Å²) in [4.78, 5) is 0. The second-order valence-electron chi connectivity index (χ2n) is 3.71. The van der Waals surface area contributed by atoms with Crippen molar-refractivity contribution in [3.05, 3.63) is 11.3 Å². The molecule has 1 aromatic rings. The number of aromatic nitrogens is 1. The van der Waals surface area contributed by atoms with Gasteiger partial charge in [-0.3, -0.25) is 0 Å². The number of nitrogens with zero attached hydrogens (tertiary/aromatic N) is 1. The Balaban J connectivity index is 3.15. The van der Waals surface area contributed by atoms with Crippen LogP contribution in [0.2, 0.25) is 0 Å². The van der Waals surface area contributed by atoms with Crippen LogP contribution in [0.3, 0.4) is 0 Å². The Bertz CT molecular complexity index is 258. The molecule has 1 N–H and O–H groups in total. The summed E-state index contributed by atoms with van der Waals surface area (Å²) >= 11 is 0. The van der Waals surface area contributed by atoms with Crippen LogP contribution in [-0.2, 0) is 5.41 Å². The molecular formula is C8H13NO2. The maximum atomic E-state index is 9.07. The van der Waals surface area contributed by atoms with Gasteiger partial charge in [-0.1, -0.05) is 25.9 Å². The molecule has 0 amide bonds. The Labute approximate surface area is 66.0 Å². The maximum absolute atomic E-state index is 9.07. The predicted molar refractivity (Wildman–Crippen MR) is 41.6 cm³/mol. The third kappa shape index (κ3) is 1.37. The Morgan fingerprint density at radius 3 is 2.09 bits per heavy atom. The Kier molecular flexibility index (Phi) is 1.66. The van der Waals surface area contributed by atoms with Crippen LogP contribution in [0.25, 0.3) is 0 Å². The fraction of sp³-hybridized carbons (Fsp3) is 0.625. The molecule has 0 spiro atoms. The van der Waals surface area contributed by atoms with Gasteiger partial charge in [0.15, 0.2) is 0 Å². The minimum atomic E-state index is -0.0741. The molecule has 0 aliphatic heterocycles. The highest BCUT2D eigenvalue weighted by molar-refractivity contribution is 5.29. The van der Waals surface area contributed by atoms with Crippen molar-refractivity contribution in [3.63, 3.8) is 0 Å². The normalized spacial score (nSPS) is 12.0. The van der Waals surface area contributed by atoms with Crippen molar-refractivity contribution in [1.82, 2.24) is 5.16 Å². The second-order valence-corrected chi connectivity index (χ2v) is 3.71. The van der Waals surface area contributed by atoms with Crippen LogP contribution < -0.4 is 0 Å². The number of rotatable bonds is 0. The highest BCUT2D eigenvalue weighted by Gasteiger charge is 2.22. The van der Waals surface area contributed by atoms with Crippen LogP contribution in [0, 0.1) is 6.92 Å². The molecule has 0 saturated heterocycles. The SMILES string of the molecule is Cc1c(C(C)(C)C)noc1O. The lowest BCUT2D eigenvalue weighted by molar-refractivity contribution is 0.271. The van der Waals surface area contributed by atoms with Crippen molar-refractivity contribution in [2.45, 2.75) is 33.1 Å². The quantitative estimate of drug-likeness (QED) is 0.623. The summed E-state index contributed by atoms with van der Waals surface area (Å²) in [5.74, 6) is -0.0741. The van der Waals surface area contributed by atoms with Crippen molar-refractivity contribution in [1.29, 1.82) is 0 Å². The van der Waals surface area contributed by atoms with Gasteiger partial charge < -0.3 is 9.63 Å². The lowest BCUT2D eigenvalue weighted by Crippen LogP contribution is -2.12. The summed E-state index contributed by atoms with van der Waals surface area (Å²) in [7, 11) is 0. The smallest absolute Gasteiger partial charge is 0.311 e. The summed E-state index contributed by atoms with van der Waals surface area (Å²) in [6.07, 6.45) is 0. The fourth-order valence-electron chi connectivity index (χ4n) is 1.03. The van der Waals surface area contributed by atoms with Gasteiger partial charge in [0.05, 0.1) is 11.3 Å². The van der Waals surface area contributed by atoms with E-state index >= 15 is 0 Å². The van der Waals surface area contributed by atoms with Crippen molar-refractivity contribution in [2.24, 2.45) is 0 Å². The first-order valence-corrected chi connectivity index (χ1v) is 3.58. The minimum absolute atomic E-state index is 0.0609. The molecule has 0 radical (unpaired) electrons. The van der Waals surface area contributed by atoms with Gasteiger partial charge in [0.2, 0.25) is 0 Å². The second kappa shape index (κ2) is 2.26. The Morgan fingerprint density at radius 2 is 1.91 bits per heavy atom. The van der Waals surface area contributed by atoms with E-state index in [4.69, 9.17) is 5.11 Å². The molecule has 0 fully saturated rings. The summed E-state index contributed by atoms with van der Waals surface area (Å²) in [5.41, 5.74) is 1.49. The lowest BCUT2D eigenvalue weighted by atomic mass is 9.90. The van der Waals surface area contributed by atoms with Gasteiger partial charge in [0.1, 0.15) is 0 Å². The average Bonchev–Trinajstić information content (AvgIpc) is 2.11. The minimum Gasteiger partial charge on any atom is -0.479 e. The average molecular weight is 155 g/mol. The van der Waals surface area contributed by atoms with E-state index in [1.807, 2.05) is 20.8 Å². The van der Waals surface area contributed by atoms with Crippen molar-refractivity contribution in [3.8, 4) is 5.95 Å².